The second-order valence-corrected chi connectivity index (χ2v) is 7.34. The highest BCUT2D eigenvalue weighted by atomic mass is 19.1. The predicted octanol–water partition coefficient (Wildman–Crippen LogP) is 3.97. The molecule has 1 amide bonds. The highest BCUT2D eigenvalue weighted by Crippen LogP contribution is 2.22. The first-order chi connectivity index (χ1) is 14.0. The fourth-order valence-corrected chi connectivity index (χ4v) is 3.62. The van der Waals surface area contributed by atoms with Crippen molar-refractivity contribution in [2.24, 2.45) is 5.18 Å². The number of anilines is 1. The summed E-state index contributed by atoms with van der Waals surface area (Å²) in [6, 6.07) is 12.5. The van der Waals surface area contributed by atoms with E-state index in [2.05, 4.69) is 16.2 Å². The quantitative estimate of drug-likeness (QED) is 0.616. The molecule has 6 nitrogen and oxygen atoms in total. The van der Waals surface area contributed by atoms with Crippen LogP contribution in [0.2, 0.25) is 0 Å². The van der Waals surface area contributed by atoms with Crippen molar-refractivity contribution in [3.8, 4) is 0 Å². The van der Waals surface area contributed by atoms with Gasteiger partial charge in [-0.3, -0.25) is 14.6 Å². The van der Waals surface area contributed by atoms with E-state index in [1.807, 2.05) is 36.2 Å². The number of aryl methyl sites for hydroxylation is 1. The second-order valence-electron chi connectivity index (χ2n) is 7.34. The van der Waals surface area contributed by atoms with Crippen LogP contribution in [-0.4, -0.2) is 42.0 Å². The van der Waals surface area contributed by atoms with Crippen molar-refractivity contribution in [3.63, 3.8) is 0 Å². The number of hydrogen-bond donors (Lipinski definition) is 0. The molecule has 1 aliphatic heterocycles. The molecular weight excluding hydrogens is 371 g/mol. The zero-order valence-corrected chi connectivity index (χ0v) is 16.1. The van der Waals surface area contributed by atoms with E-state index in [0.717, 1.165) is 22.9 Å². The first kappa shape index (κ1) is 19.1. The van der Waals surface area contributed by atoms with Gasteiger partial charge in [-0.1, -0.05) is 23.8 Å². The minimum Gasteiger partial charge on any atom is -0.294 e. The van der Waals surface area contributed by atoms with Gasteiger partial charge in [-0.05, 0) is 53.7 Å². The number of hydrogen-bond acceptors (Lipinski definition) is 5. The second kappa shape index (κ2) is 8.05. The molecule has 2 aromatic carbocycles. The minimum absolute atomic E-state index is 0.00175. The Hall–Kier alpha value is -3.19. The van der Waals surface area contributed by atoms with Crippen molar-refractivity contribution in [1.29, 1.82) is 0 Å². The number of rotatable bonds is 5. The number of nitrogens with zero attached hydrogens (tertiary/aromatic N) is 4. The molecule has 29 heavy (non-hydrogen) atoms. The summed E-state index contributed by atoms with van der Waals surface area (Å²) in [7, 11) is 0. The number of halogens is 1. The standard InChI is InChI=1S/C22H21FN4O2/c1-15-2-4-17-12-21(24-13-18(17)10-15)27-9-8-26(14-22(27)28)7-6-16-3-5-20(25-29)19(23)11-16/h2-5,10-13H,6-9,14H2,1H3. The lowest BCUT2D eigenvalue weighted by Crippen LogP contribution is -2.51. The van der Waals surface area contributed by atoms with Crippen LogP contribution in [0.5, 0.6) is 0 Å². The summed E-state index contributed by atoms with van der Waals surface area (Å²) < 4.78 is 13.7. The van der Waals surface area contributed by atoms with Crippen molar-refractivity contribution in [3.05, 3.63) is 70.5 Å². The molecule has 0 aliphatic carbocycles. The zero-order chi connectivity index (χ0) is 20.4. The van der Waals surface area contributed by atoms with Crippen LogP contribution in [0, 0.1) is 17.6 Å². The number of nitroso groups, excluding NO2 is 1. The zero-order valence-electron chi connectivity index (χ0n) is 16.1. The van der Waals surface area contributed by atoms with E-state index in [4.69, 9.17) is 0 Å². The minimum atomic E-state index is -0.615. The van der Waals surface area contributed by atoms with Gasteiger partial charge in [0, 0.05) is 31.2 Å². The molecule has 0 unspecified atom stereocenters. The maximum atomic E-state index is 13.7. The molecule has 0 radical (unpaired) electrons. The van der Waals surface area contributed by atoms with Gasteiger partial charge in [0.05, 0.1) is 6.54 Å². The molecule has 1 aliphatic rings. The fourth-order valence-electron chi connectivity index (χ4n) is 3.62. The molecular formula is C22H21FN4O2. The van der Waals surface area contributed by atoms with Crippen LogP contribution in [-0.2, 0) is 11.2 Å². The number of amides is 1. The molecule has 0 spiro atoms. The molecule has 7 heteroatoms. The number of aromatic nitrogens is 1. The Labute approximate surface area is 167 Å². The SMILES string of the molecule is Cc1ccc2cc(N3CCN(CCc4ccc(N=O)c(F)c4)CC3=O)ncc2c1. The Morgan fingerprint density at radius 3 is 2.72 bits per heavy atom. The smallest absolute Gasteiger partial charge is 0.242 e. The van der Waals surface area contributed by atoms with Crippen LogP contribution in [0.1, 0.15) is 11.1 Å². The van der Waals surface area contributed by atoms with Crippen LogP contribution >= 0.6 is 0 Å². The topological polar surface area (TPSA) is 65.9 Å². The van der Waals surface area contributed by atoms with E-state index in [9.17, 15) is 14.1 Å². The van der Waals surface area contributed by atoms with E-state index in [1.54, 1.807) is 11.0 Å². The molecule has 0 bridgehead atoms. The molecule has 148 valence electrons. The van der Waals surface area contributed by atoms with Gasteiger partial charge in [0.15, 0.2) is 5.82 Å². The molecule has 0 atom stereocenters. The van der Waals surface area contributed by atoms with Crippen molar-refractivity contribution >= 4 is 28.2 Å². The third-order valence-electron chi connectivity index (χ3n) is 5.27. The average molecular weight is 392 g/mol. The van der Waals surface area contributed by atoms with E-state index in [0.29, 0.717) is 31.9 Å². The summed E-state index contributed by atoms with van der Waals surface area (Å²) in [6.45, 7) is 4.25. The Balaban J connectivity index is 1.39. The lowest BCUT2D eigenvalue weighted by molar-refractivity contribution is -0.121. The molecule has 0 N–H and O–H groups in total. The van der Waals surface area contributed by atoms with Gasteiger partial charge in [-0.2, -0.15) is 0 Å². The Bertz CT molecular complexity index is 1090. The molecule has 1 saturated heterocycles. The summed E-state index contributed by atoms with van der Waals surface area (Å²) in [4.78, 5) is 31.4. The van der Waals surface area contributed by atoms with Crippen LogP contribution in [0.15, 0.2) is 53.8 Å². The first-order valence-corrected chi connectivity index (χ1v) is 9.54. The predicted molar refractivity (Wildman–Crippen MR) is 111 cm³/mol. The molecule has 4 rings (SSSR count). The number of carbonyl (C=O) groups excluding carboxylic acids is 1. The Morgan fingerprint density at radius 1 is 1.10 bits per heavy atom. The van der Waals surface area contributed by atoms with Crippen LogP contribution in [0.4, 0.5) is 15.9 Å². The molecule has 3 aromatic rings. The van der Waals surface area contributed by atoms with Gasteiger partial charge >= 0.3 is 0 Å². The van der Waals surface area contributed by atoms with E-state index in [-0.39, 0.29) is 11.6 Å². The molecule has 2 heterocycles. The summed E-state index contributed by atoms with van der Waals surface area (Å²) >= 11 is 0. The van der Waals surface area contributed by atoms with Gasteiger partial charge in [0.1, 0.15) is 11.5 Å². The van der Waals surface area contributed by atoms with Gasteiger partial charge in [0.2, 0.25) is 5.91 Å². The molecule has 1 fully saturated rings. The normalized spacial score (nSPS) is 15.1. The number of benzene rings is 2. The fraction of sp³-hybridized carbons (Fsp3) is 0.273. The number of piperazine rings is 1. The van der Waals surface area contributed by atoms with Gasteiger partial charge < -0.3 is 0 Å². The Kier molecular flexibility index (Phi) is 5.31. The van der Waals surface area contributed by atoms with E-state index >= 15 is 0 Å². The summed E-state index contributed by atoms with van der Waals surface area (Å²) in [5.41, 5.74) is 1.76. The first-order valence-electron chi connectivity index (χ1n) is 9.54. The van der Waals surface area contributed by atoms with Crippen LogP contribution < -0.4 is 4.90 Å². The largest absolute Gasteiger partial charge is 0.294 e. The number of carbonyl (C=O) groups is 1. The van der Waals surface area contributed by atoms with Crippen LogP contribution in [0.25, 0.3) is 10.8 Å². The van der Waals surface area contributed by atoms with Gasteiger partial charge in [-0.25, -0.2) is 9.37 Å². The van der Waals surface area contributed by atoms with Crippen molar-refractivity contribution in [2.45, 2.75) is 13.3 Å². The molecule has 0 saturated carbocycles. The lowest BCUT2D eigenvalue weighted by Gasteiger charge is -2.33. The third kappa shape index (κ3) is 4.14. The van der Waals surface area contributed by atoms with E-state index < -0.39 is 5.82 Å². The highest BCUT2D eigenvalue weighted by molar-refractivity contribution is 5.96. The number of pyridine rings is 1. The highest BCUT2D eigenvalue weighted by Gasteiger charge is 2.25. The maximum absolute atomic E-state index is 13.7. The van der Waals surface area contributed by atoms with E-state index in [1.165, 1.54) is 17.7 Å². The van der Waals surface area contributed by atoms with Crippen LogP contribution in [0.3, 0.4) is 0 Å². The summed E-state index contributed by atoms with van der Waals surface area (Å²) in [5.74, 6) is 0.0582. The summed E-state index contributed by atoms with van der Waals surface area (Å²) in [6.07, 6.45) is 2.40. The lowest BCUT2D eigenvalue weighted by atomic mass is 10.1. The van der Waals surface area contributed by atoms with Gasteiger partial charge in [-0.15, -0.1) is 4.91 Å². The summed E-state index contributed by atoms with van der Waals surface area (Å²) in [5, 5.41) is 4.76. The monoisotopic (exact) mass is 392 g/mol. The van der Waals surface area contributed by atoms with Crippen molar-refractivity contribution < 1.29 is 9.18 Å². The maximum Gasteiger partial charge on any atom is 0.242 e. The average Bonchev–Trinajstić information content (AvgIpc) is 2.72. The molecule has 1 aromatic heterocycles. The van der Waals surface area contributed by atoms with Crippen molar-refractivity contribution in [1.82, 2.24) is 9.88 Å². The van der Waals surface area contributed by atoms with Crippen molar-refractivity contribution in [2.75, 3.05) is 31.1 Å². The Morgan fingerprint density at radius 2 is 1.97 bits per heavy atom. The number of fused-ring (bicyclic) bond motifs is 1. The van der Waals surface area contributed by atoms with Gasteiger partial charge in [0.25, 0.3) is 0 Å². The third-order valence-corrected chi connectivity index (χ3v) is 5.27.